The molecule has 3 aromatic rings. The van der Waals surface area contributed by atoms with Gasteiger partial charge in [-0.05, 0) is 81.2 Å². The molecule has 0 saturated carbocycles. The Balaban J connectivity index is 0.000000179. The highest BCUT2D eigenvalue weighted by Crippen LogP contribution is 2.35. The number of methoxy groups -OCH3 is 1. The van der Waals surface area contributed by atoms with E-state index >= 15 is 0 Å². The van der Waals surface area contributed by atoms with Crippen LogP contribution in [0.2, 0.25) is 0 Å². The number of hydrogen-bond donors (Lipinski definition) is 1. The fourth-order valence-corrected chi connectivity index (χ4v) is 5.34. The first kappa shape index (κ1) is 25.1. The molecule has 0 aliphatic carbocycles. The van der Waals surface area contributed by atoms with Crippen molar-refractivity contribution >= 4 is 33.1 Å². The van der Waals surface area contributed by atoms with Crippen LogP contribution in [-0.4, -0.2) is 49.9 Å². The van der Waals surface area contributed by atoms with Gasteiger partial charge in [0, 0.05) is 11.8 Å². The van der Waals surface area contributed by atoms with Crippen molar-refractivity contribution in [2.45, 2.75) is 33.1 Å². The second-order valence-electron chi connectivity index (χ2n) is 8.78. The molecule has 6 heteroatoms. The summed E-state index contributed by atoms with van der Waals surface area (Å²) in [6, 6.07) is 16.3. The molecule has 2 N–H and O–H groups in total. The van der Waals surface area contributed by atoms with Crippen LogP contribution in [0.4, 0.5) is 0 Å². The Labute approximate surface area is 200 Å². The molecule has 1 aromatic heterocycles. The van der Waals surface area contributed by atoms with Crippen LogP contribution in [0.1, 0.15) is 41.4 Å². The van der Waals surface area contributed by atoms with Crippen molar-refractivity contribution in [3.05, 3.63) is 59.0 Å². The van der Waals surface area contributed by atoms with Gasteiger partial charge in [0.25, 0.3) is 5.91 Å². The van der Waals surface area contributed by atoms with E-state index in [1.165, 1.54) is 75.4 Å². The average molecular weight is 467 g/mol. The maximum absolute atomic E-state index is 11.3. The van der Waals surface area contributed by atoms with Crippen molar-refractivity contribution in [2.75, 3.05) is 33.4 Å². The Bertz CT molecular complexity index is 1060. The topological polar surface area (TPSA) is 72.6 Å². The zero-order valence-electron chi connectivity index (χ0n) is 19.8. The third kappa shape index (κ3) is 7.22. The molecule has 0 spiro atoms. The van der Waals surface area contributed by atoms with Crippen molar-refractivity contribution < 1.29 is 14.3 Å². The first-order valence-electron chi connectivity index (χ1n) is 11.5. The lowest BCUT2D eigenvalue weighted by Crippen LogP contribution is -2.41. The molecule has 176 valence electrons. The quantitative estimate of drug-likeness (QED) is 0.566. The van der Waals surface area contributed by atoms with Crippen molar-refractivity contribution in [3.63, 3.8) is 0 Å². The number of rotatable bonds is 4. The van der Waals surface area contributed by atoms with E-state index in [1.807, 2.05) is 24.3 Å². The molecule has 3 saturated heterocycles. The van der Waals surface area contributed by atoms with Crippen molar-refractivity contribution in [1.29, 1.82) is 0 Å². The van der Waals surface area contributed by atoms with E-state index in [9.17, 15) is 9.59 Å². The van der Waals surface area contributed by atoms with E-state index in [0.717, 1.165) is 21.6 Å². The molecule has 0 unspecified atom stereocenters. The van der Waals surface area contributed by atoms with E-state index in [4.69, 9.17) is 5.73 Å². The standard InChI is InChI=1S/C16H13NOS.C7H13N.C4H8O2/c1-10-4-2-5-11(8-10)13-7-3-6-12-9-14(16(17)18)19-15(12)13;1-4-8-5-2-7(1)3-6-8;1-4(5)3-6-2/h2-9H,1H3,(H2,17,18);7H,1-6H2;3H2,1-2H3. The molecule has 0 atom stereocenters. The molecule has 5 nitrogen and oxygen atoms in total. The number of Topliss-reactive ketones (excluding diaryl/α,β-unsaturated/α-hetero) is 1. The van der Waals surface area contributed by atoms with Gasteiger partial charge >= 0.3 is 0 Å². The van der Waals surface area contributed by atoms with Crippen molar-refractivity contribution in [3.8, 4) is 11.1 Å². The van der Waals surface area contributed by atoms with Crippen molar-refractivity contribution in [1.82, 2.24) is 4.90 Å². The summed E-state index contributed by atoms with van der Waals surface area (Å²) >= 11 is 1.46. The van der Waals surface area contributed by atoms with Gasteiger partial charge in [0.15, 0.2) is 5.78 Å². The van der Waals surface area contributed by atoms with Gasteiger partial charge in [-0.3, -0.25) is 9.59 Å². The van der Waals surface area contributed by atoms with Crippen LogP contribution >= 0.6 is 11.3 Å². The minimum atomic E-state index is -0.364. The summed E-state index contributed by atoms with van der Waals surface area (Å²) in [6.45, 7) is 7.98. The SMILES string of the molecule is C1CN2CCC1CC2.COCC(C)=O.Cc1cccc(-c2cccc3cc(C(N)=O)sc23)c1. The van der Waals surface area contributed by atoms with Crippen LogP contribution < -0.4 is 5.73 Å². The molecule has 33 heavy (non-hydrogen) atoms. The molecule has 3 fully saturated rings. The number of nitrogens with two attached hydrogens (primary N) is 1. The van der Waals surface area contributed by atoms with Crippen LogP contribution in [-0.2, 0) is 9.53 Å². The first-order chi connectivity index (χ1) is 15.9. The highest BCUT2D eigenvalue weighted by molar-refractivity contribution is 7.21. The van der Waals surface area contributed by atoms with Gasteiger partial charge < -0.3 is 15.4 Å². The Morgan fingerprint density at radius 1 is 1.06 bits per heavy atom. The van der Waals surface area contributed by atoms with E-state index in [2.05, 4.69) is 40.8 Å². The number of amides is 1. The van der Waals surface area contributed by atoms with E-state index in [0.29, 0.717) is 4.88 Å². The Morgan fingerprint density at radius 3 is 2.18 bits per heavy atom. The number of nitrogens with zero attached hydrogens (tertiary/aromatic N) is 1. The third-order valence-electron chi connectivity index (χ3n) is 6.02. The average Bonchev–Trinajstić information content (AvgIpc) is 3.26. The number of carbonyl (C=O) groups is 2. The highest BCUT2D eigenvalue weighted by atomic mass is 32.1. The van der Waals surface area contributed by atoms with Gasteiger partial charge in [0.2, 0.25) is 0 Å². The molecular formula is C27H34N2O3S. The molecule has 6 rings (SSSR count). The fraction of sp³-hybridized carbons (Fsp3) is 0.407. The normalized spacial score (nSPS) is 18.6. The number of benzene rings is 2. The van der Waals surface area contributed by atoms with E-state index < -0.39 is 0 Å². The van der Waals surface area contributed by atoms with Gasteiger partial charge in [-0.25, -0.2) is 0 Å². The molecule has 3 aliphatic rings. The van der Waals surface area contributed by atoms with Gasteiger partial charge in [-0.1, -0.05) is 48.0 Å². The number of piperidine rings is 3. The lowest BCUT2D eigenvalue weighted by molar-refractivity contribution is -0.120. The number of thiophene rings is 1. The summed E-state index contributed by atoms with van der Waals surface area (Å²) in [4.78, 5) is 24.4. The predicted octanol–water partition coefficient (Wildman–Crippen LogP) is 5.30. The smallest absolute Gasteiger partial charge is 0.258 e. The number of primary amides is 1. The summed E-state index contributed by atoms with van der Waals surface area (Å²) in [5.74, 6) is 0.814. The first-order valence-corrected chi connectivity index (χ1v) is 12.3. The minimum absolute atomic E-state index is 0.0671. The zero-order valence-corrected chi connectivity index (χ0v) is 20.6. The third-order valence-corrected chi connectivity index (χ3v) is 7.22. The molecule has 1 amide bonds. The molecule has 4 heterocycles. The number of fused-ring (bicyclic) bond motifs is 4. The Kier molecular flexibility index (Phi) is 9.18. The van der Waals surface area contributed by atoms with Crippen molar-refractivity contribution in [2.24, 2.45) is 11.7 Å². The van der Waals surface area contributed by atoms with Crippen LogP contribution in [0.15, 0.2) is 48.5 Å². The number of hydrogen-bond acceptors (Lipinski definition) is 5. The van der Waals surface area contributed by atoms with Gasteiger partial charge in [-0.15, -0.1) is 11.3 Å². The lowest BCUT2D eigenvalue weighted by atomic mass is 9.89. The number of ketones is 1. The maximum Gasteiger partial charge on any atom is 0.258 e. The zero-order chi connectivity index (χ0) is 23.8. The number of aryl methyl sites for hydroxylation is 1. The summed E-state index contributed by atoms with van der Waals surface area (Å²) in [5, 5.41) is 1.07. The number of carbonyl (C=O) groups excluding carboxylic acids is 2. The molecule has 2 aromatic carbocycles. The number of ether oxygens (including phenoxy) is 1. The van der Waals surface area contributed by atoms with Crippen LogP contribution in [0.25, 0.3) is 21.2 Å². The molecular weight excluding hydrogens is 432 g/mol. The monoisotopic (exact) mass is 466 g/mol. The molecule has 0 radical (unpaired) electrons. The highest BCUT2D eigenvalue weighted by Gasteiger charge is 2.24. The Morgan fingerprint density at radius 2 is 1.73 bits per heavy atom. The van der Waals surface area contributed by atoms with Crippen LogP contribution in [0, 0.1) is 12.8 Å². The van der Waals surface area contributed by atoms with Gasteiger partial charge in [-0.2, -0.15) is 0 Å². The van der Waals surface area contributed by atoms with E-state index in [-0.39, 0.29) is 18.3 Å². The molecule has 2 bridgehead atoms. The second kappa shape index (κ2) is 12.1. The second-order valence-corrected chi connectivity index (χ2v) is 9.83. The fourth-order valence-electron chi connectivity index (χ4n) is 4.29. The maximum atomic E-state index is 11.3. The van der Waals surface area contributed by atoms with Gasteiger partial charge in [0.1, 0.15) is 6.61 Å². The summed E-state index contributed by atoms with van der Waals surface area (Å²) < 4.78 is 5.57. The summed E-state index contributed by atoms with van der Waals surface area (Å²) in [6.07, 6.45) is 4.46. The predicted molar refractivity (Wildman–Crippen MR) is 137 cm³/mol. The van der Waals surface area contributed by atoms with Crippen LogP contribution in [0.3, 0.4) is 0 Å². The Hall–Kier alpha value is -2.54. The summed E-state index contributed by atoms with van der Waals surface area (Å²) in [5.41, 5.74) is 8.91. The lowest BCUT2D eigenvalue weighted by Gasteiger charge is -2.38. The van der Waals surface area contributed by atoms with Gasteiger partial charge in [0.05, 0.1) is 4.88 Å². The minimum Gasteiger partial charge on any atom is -0.377 e. The largest absolute Gasteiger partial charge is 0.377 e. The van der Waals surface area contributed by atoms with Crippen LogP contribution in [0.5, 0.6) is 0 Å². The molecule has 3 aliphatic heterocycles. The summed E-state index contributed by atoms with van der Waals surface area (Å²) in [7, 11) is 1.50. The van der Waals surface area contributed by atoms with E-state index in [1.54, 1.807) is 0 Å².